The molecule has 1 unspecified atom stereocenters. The molecule has 1 heterocycles. The van der Waals surface area contributed by atoms with Gasteiger partial charge in [-0.3, -0.25) is 0 Å². The van der Waals surface area contributed by atoms with E-state index < -0.39 is 23.4 Å². The molecular weight excluding hydrogens is 331 g/mol. The first-order valence-electron chi connectivity index (χ1n) is 7.32. The zero-order chi connectivity index (χ0) is 17.4. The average molecular weight is 350 g/mol. The number of carbonyl (C=O) groups is 1. The number of rotatable bonds is 1. The van der Waals surface area contributed by atoms with Crippen molar-refractivity contribution in [3.63, 3.8) is 0 Å². The highest BCUT2D eigenvalue weighted by Gasteiger charge is 2.35. The summed E-state index contributed by atoms with van der Waals surface area (Å²) in [5.74, 6) is -0.152. The van der Waals surface area contributed by atoms with E-state index in [0.717, 1.165) is 6.07 Å². The molecule has 2 rings (SSSR count). The van der Waals surface area contributed by atoms with Gasteiger partial charge >= 0.3 is 12.3 Å². The van der Waals surface area contributed by atoms with E-state index in [9.17, 15) is 18.0 Å². The minimum absolute atomic E-state index is 0.152. The summed E-state index contributed by atoms with van der Waals surface area (Å²) in [6.07, 6.45) is -4.33. The molecule has 1 aromatic rings. The van der Waals surface area contributed by atoms with E-state index in [0.29, 0.717) is 25.1 Å². The summed E-state index contributed by atoms with van der Waals surface area (Å²) in [5.41, 5.74) is -0.904. The summed E-state index contributed by atoms with van der Waals surface area (Å²) >= 11 is 5.63. The van der Waals surface area contributed by atoms with Crippen LogP contribution in [0.2, 0.25) is 5.02 Å². The fraction of sp³-hybridized carbons (Fsp3) is 0.562. The minimum atomic E-state index is -4.49. The van der Waals surface area contributed by atoms with Crippen LogP contribution in [0.1, 0.15) is 44.2 Å². The van der Waals surface area contributed by atoms with Gasteiger partial charge in [-0.15, -0.1) is 0 Å². The van der Waals surface area contributed by atoms with Gasteiger partial charge in [0, 0.05) is 19.0 Å². The Labute approximate surface area is 138 Å². The Morgan fingerprint density at radius 1 is 1.30 bits per heavy atom. The molecule has 128 valence electrons. The van der Waals surface area contributed by atoms with Gasteiger partial charge in [0.15, 0.2) is 0 Å². The molecule has 1 amide bonds. The topological polar surface area (TPSA) is 29.5 Å². The van der Waals surface area contributed by atoms with Gasteiger partial charge < -0.3 is 9.64 Å². The third kappa shape index (κ3) is 4.53. The maximum Gasteiger partial charge on any atom is 0.417 e. The molecule has 1 aliphatic rings. The number of ether oxygens (including phenoxy) is 1. The Bertz CT molecular complexity index is 596. The van der Waals surface area contributed by atoms with Crippen LogP contribution >= 0.6 is 11.6 Å². The summed E-state index contributed by atoms with van der Waals surface area (Å²) in [6, 6.07) is 3.92. The molecule has 0 spiro atoms. The summed E-state index contributed by atoms with van der Waals surface area (Å²) < 4.78 is 44.1. The molecule has 1 aromatic carbocycles. The second kappa shape index (κ2) is 6.23. The van der Waals surface area contributed by atoms with Crippen molar-refractivity contribution in [2.75, 3.05) is 13.1 Å². The fourth-order valence-electron chi connectivity index (χ4n) is 2.54. The molecule has 0 aromatic heterocycles. The van der Waals surface area contributed by atoms with Crippen LogP contribution in [0.15, 0.2) is 18.2 Å². The van der Waals surface area contributed by atoms with Crippen LogP contribution in [0, 0.1) is 0 Å². The number of carbonyl (C=O) groups excluding carboxylic acids is 1. The van der Waals surface area contributed by atoms with Gasteiger partial charge in [0.1, 0.15) is 5.60 Å². The highest BCUT2D eigenvalue weighted by molar-refractivity contribution is 6.31. The lowest BCUT2D eigenvalue weighted by Crippen LogP contribution is -2.35. The van der Waals surface area contributed by atoms with E-state index in [4.69, 9.17) is 16.3 Å². The number of likely N-dealkylation sites (tertiary alicyclic amines) is 1. The Morgan fingerprint density at radius 3 is 2.52 bits per heavy atom. The van der Waals surface area contributed by atoms with Crippen LogP contribution in [0.5, 0.6) is 0 Å². The zero-order valence-corrected chi connectivity index (χ0v) is 14.0. The molecule has 0 aliphatic carbocycles. The summed E-state index contributed by atoms with van der Waals surface area (Å²) in [5, 5.41) is -0.316. The second-order valence-electron chi connectivity index (χ2n) is 6.65. The van der Waals surface area contributed by atoms with E-state index >= 15 is 0 Å². The molecule has 0 saturated carbocycles. The first kappa shape index (κ1) is 17.9. The van der Waals surface area contributed by atoms with Crippen molar-refractivity contribution in [1.29, 1.82) is 0 Å². The first-order chi connectivity index (χ1) is 10.5. The maximum absolute atomic E-state index is 12.9. The van der Waals surface area contributed by atoms with E-state index in [-0.39, 0.29) is 10.9 Å². The molecule has 7 heteroatoms. The Hall–Kier alpha value is -1.43. The van der Waals surface area contributed by atoms with Gasteiger partial charge in [-0.2, -0.15) is 13.2 Å². The van der Waals surface area contributed by atoms with Gasteiger partial charge in [0.2, 0.25) is 0 Å². The maximum atomic E-state index is 12.9. The summed E-state index contributed by atoms with van der Waals surface area (Å²) in [7, 11) is 0. The molecular formula is C16H19ClF3NO2. The molecule has 1 atom stereocenters. The minimum Gasteiger partial charge on any atom is -0.444 e. The number of alkyl halides is 3. The van der Waals surface area contributed by atoms with Crippen LogP contribution in [-0.2, 0) is 10.9 Å². The van der Waals surface area contributed by atoms with Crippen molar-refractivity contribution in [3.05, 3.63) is 34.3 Å². The van der Waals surface area contributed by atoms with E-state index in [1.807, 2.05) is 0 Å². The number of hydrogen-bond acceptors (Lipinski definition) is 2. The van der Waals surface area contributed by atoms with Gasteiger partial charge in [-0.25, -0.2) is 4.79 Å². The number of hydrogen-bond donors (Lipinski definition) is 0. The third-order valence-corrected chi connectivity index (χ3v) is 3.94. The Balaban J connectivity index is 2.12. The number of benzene rings is 1. The lowest BCUT2D eigenvalue weighted by Gasteiger charge is -2.24. The lowest BCUT2D eigenvalue weighted by atomic mass is 9.96. The van der Waals surface area contributed by atoms with Gasteiger partial charge in [-0.1, -0.05) is 17.7 Å². The van der Waals surface area contributed by atoms with Crippen LogP contribution < -0.4 is 0 Å². The second-order valence-corrected chi connectivity index (χ2v) is 7.06. The van der Waals surface area contributed by atoms with Crippen LogP contribution in [0.4, 0.5) is 18.0 Å². The average Bonchev–Trinajstić information content (AvgIpc) is 2.85. The van der Waals surface area contributed by atoms with Crippen molar-refractivity contribution >= 4 is 17.7 Å². The molecule has 0 radical (unpaired) electrons. The standard InChI is InChI=1S/C16H19ClF3NO2/c1-15(2,3)23-14(22)21-7-6-11(9-21)10-4-5-13(17)12(8-10)16(18,19)20/h4-5,8,11H,6-7,9H2,1-3H3. The van der Waals surface area contributed by atoms with Crippen LogP contribution in [-0.4, -0.2) is 29.7 Å². The van der Waals surface area contributed by atoms with Crippen molar-refractivity contribution in [2.45, 2.75) is 44.9 Å². The fourth-order valence-corrected chi connectivity index (χ4v) is 2.76. The smallest absolute Gasteiger partial charge is 0.417 e. The summed E-state index contributed by atoms with van der Waals surface area (Å²) in [4.78, 5) is 13.5. The highest BCUT2D eigenvalue weighted by Crippen LogP contribution is 2.38. The van der Waals surface area contributed by atoms with Crippen molar-refractivity contribution in [2.24, 2.45) is 0 Å². The molecule has 0 N–H and O–H groups in total. The monoisotopic (exact) mass is 349 g/mol. The molecule has 23 heavy (non-hydrogen) atoms. The first-order valence-corrected chi connectivity index (χ1v) is 7.70. The Kier molecular flexibility index (Phi) is 4.85. The van der Waals surface area contributed by atoms with Crippen molar-refractivity contribution in [1.82, 2.24) is 4.90 Å². The predicted molar refractivity (Wildman–Crippen MR) is 81.6 cm³/mol. The predicted octanol–water partition coefficient (Wildman–Crippen LogP) is 5.08. The van der Waals surface area contributed by atoms with Gasteiger partial charge in [0.25, 0.3) is 0 Å². The quantitative estimate of drug-likeness (QED) is 0.707. The SMILES string of the molecule is CC(C)(C)OC(=O)N1CCC(c2ccc(Cl)c(C(F)(F)F)c2)C1. The normalized spacial score (nSPS) is 19.1. The molecule has 3 nitrogen and oxygen atoms in total. The van der Waals surface area contributed by atoms with Crippen molar-refractivity contribution in [3.8, 4) is 0 Å². The van der Waals surface area contributed by atoms with Crippen LogP contribution in [0.3, 0.4) is 0 Å². The van der Waals surface area contributed by atoms with E-state index in [1.54, 1.807) is 26.8 Å². The van der Waals surface area contributed by atoms with Crippen LogP contribution in [0.25, 0.3) is 0 Å². The molecule has 1 fully saturated rings. The largest absolute Gasteiger partial charge is 0.444 e. The number of halogens is 4. The van der Waals surface area contributed by atoms with Gasteiger partial charge in [-0.05, 0) is 44.9 Å². The van der Waals surface area contributed by atoms with E-state index in [2.05, 4.69) is 0 Å². The molecule has 0 bridgehead atoms. The number of amides is 1. The lowest BCUT2D eigenvalue weighted by molar-refractivity contribution is -0.137. The Morgan fingerprint density at radius 2 is 1.96 bits per heavy atom. The van der Waals surface area contributed by atoms with Gasteiger partial charge in [0.05, 0.1) is 10.6 Å². The highest BCUT2D eigenvalue weighted by atomic mass is 35.5. The third-order valence-electron chi connectivity index (χ3n) is 3.61. The van der Waals surface area contributed by atoms with Crippen molar-refractivity contribution < 1.29 is 22.7 Å². The zero-order valence-electron chi connectivity index (χ0n) is 13.2. The van der Waals surface area contributed by atoms with E-state index in [1.165, 1.54) is 11.0 Å². The molecule has 1 saturated heterocycles. The number of nitrogens with zero attached hydrogens (tertiary/aromatic N) is 1. The molecule has 1 aliphatic heterocycles. The summed E-state index contributed by atoms with van der Waals surface area (Å²) in [6.45, 7) is 6.12.